The van der Waals surface area contributed by atoms with Crippen LogP contribution in [0, 0.1) is 17.0 Å². The molecule has 0 aliphatic carbocycles. The Labute approximate surface area is 174 Å². The van der Waals surface area contributed by atoms with Gasteiger partial charge in [-0.2, -0.15) is 0 Å². The average molecular weight is 403 g/mol. The number of nitrogens with zero attached hydrogens (tertiary/aromatic N) is 1. The Morgan fingerprint density at radius 3 is 2.40 bits per heavy atom. The third kappa shape index (κ3) is 5.11. The van der Waals surface area contributed by atoms with Crippen LogP contribution < -0.4 is 4.74 Å². The summed E-state index contributed by atoms with van der Waals surface area (Å²) in [5.74, 6) is 0.164. The van der Waals surface area contributed by atoms with E-state index in [0.29, 0.717) is 6.42 Å². The van der Waals surface area contributed by atoms with Crippen molar-refractivity contribution in [1.29, 1.82) is 0 Å². The van der Waals surface area contributed by atoms with Gasteiger partial charge in [0, 0.05) is 24.1 Å². The van der Waals surface area contributed by atoms with Crippen LogP contribution >= 0.6 is 0 Å². The van der Waals surface area contributed by atoms with Crippen molar-refractivity contribution in [2.75, 3.05) is 0 Å². The summed E-state index contributed by atoms with van der Waals surface area (Å²) in [6, 6.07) is 20.7. The maximum absolute atomic E-state index is 12.5. The third-order valence-electron chi connectivity index (χ3n) is 4.72. The molecule has 0 aliphatic heterocycles. The topological polar surface area (TPSA) is 78.7 Å². The van der Waals surface area contributed by atoms with E-state index in [0.717, 1.165) is 22.3 Å². The van der Waals surface area contributed by atoms with Crippen LogP contribution in [-0.4, -0.2) is 11.1 Å². The molecule has 0 aliphatic rings. The van der Waals surface area contributed by atoms with Crippen LogP contribution in [-0.2, 0) is 11.2 Å². The molecule has 152 valence electrons. The molecular weight excluding hydrogens is 382 g/mol. The Morgan fingerprint density at radius 2 is 1.73 bits per heavy atom. The van der Waals surface area contributed by atoms with Crippen LogP contribution in [0.4, 0.5) is 10.5 Å². The van der Waals surface area contributed by atoms with E-state index < -0.39 is 17.2 Å². The number of nitro benzene ring substituents is 1. The first-order chi connectivity index (χ1) is 14.5. The molecule has 0 spiro atoms. The highest BCUT2D eigenvalue weighted by molar-refractivity contribution is 5.65. The Hall–Kier alpha value is -3.93. The maximum Gasteiger partial charge on any atom is 0.514 e. The fourth-order valence-corrected chi connectivity index (χ4v) is 3.12. The zero-order valence-electron chi connectivity index (χ0n) is 16.5. The quantitative estimate of drug-likeness (QED) is 0.208. The first-order valence-corrected chi connectivity index (χ1v) is 9.36. The number of hydrogen-bond donors (Lipinski definition) is 0. The van der Waals surface area contributed by atoms with Gasteiger partial charge in [-0.15, -0.1) is 0 Å². The second kappa shape index (κ2) is 9.52. The van der Waals surface area contributed by atoms with Gasteiger partial charge in [-0.05, 0) is 35.7 Å². The summed E-state index contributed by atoms with van der Waals surface area (Å²) in [6.45, 7) is 5.84. The molecule has 6 nitrogen and oxygen atoms in total. The third-order valence-corrected chi connectivity index (χ3v) is 4.72. The number of nitro groups is 1. The van der Waals surface area contributed by atoms with Gasteiger partial charge >= 0.3 is 6.16 Å². The van der Waals surface area contributed by atoms with Crippen molar-refractivity contribution in [3.63, 3.8) is 0 Å². The number of aryl methyl sites for hydroxylation is 1. The van der Waals surface area contributed by atoms with Crippen molar-refractivity contribution in [3.05, 3.63) is 112 Å². The first kappa shape index (κ1) is 20.8. The molecule has 3 aromatic carbocycles. The predicted molar refractivity (Wildman–Crippen MR) is 114 cm³/mol. The average Bonchev–Trinajstić information content (AvgIpc) is 2.75. The van der Waals surface area contributed by atoms with E-state index in [-0.39, 0.29) is 11.4 Å². The normalized spacial score (nSPS) is 11.4. The molecule has 0 radical (unpaired) electrons. The summed E-state index contributed by atoms with van der Waals surface area (Å²) in [4.78, 5) is 22.7. The van der Waals surface area contributed by atoms with Crippen molar-refractivity contribution >= 4 is 17.9 Å². The lowest BCUT2D eigenvalue weighted by Gasteiger charge is -2.21. The van der Waals surface area contributed by atoms with Gasteiger partial charge in [0.1, 0.15) is 11.9 Å². The minimum absolute atomic E-state index is 0.0898. The van der Waals surface area contributed by atoms with E-state index in [1.54, 1.807) is 6.08 Å². The van der Waals surface area contributed by atoms with Crippen LogP contribution in [0.5, 0.6) is 5.75 Å². The smallest absolute Gasteiger partial charge is 0.425 e. The minimum Gasteiger partial charge on any atom is -0.425 e. The molecule has 30 heavy (non-hydrogen) atoms. The van der Waals surface area contributed by atoms with E-state index in [4.69, 9.17) is 9.47 Å². The van der Waals surface area contributed by atoms with Gasteiger partial charge in [0.05, 0.1) is 4.92 Å². The molecule has 0 aromatic heterocycles. The summed E-state index contributed by atoms with van der Waals surface area (Å²) in [7, 11) is 0. The molecule has 6 heteroatoms. The molecule has 3 rings (SSSR count). The van der Waals surface area contributed by atoms with Gasteiger partial charge in [0.15, 0.2) is 0 Å². The fourth-order valence-electron chi connectivity index (χ4n) is 3.12. The molecule has 1 atom stereocenters. The van der Waals surface area contributed by atoms with Crippen molar-refractivity contribution < 1.29 is 19.2 Å². The van der Waals surface area contributed by atoms with Crippen LogP contribution in [0.3, 0.4) is 0 Å². The van der Waals surface area contributed by atoms with Gasteiger partial charge in [-0.25, -0.2) is 4.79 Å². The summed E-state index contributed by atoms with van der Waals surface area (Å²) < 4.78 is 10.9. The van der Waals surface area contributed by atoms with E-state index in [9.17, 15) is 14.9 Å². The van der Waals surface area contributed by atoms with Crippen molar-refractivity contribution in [2.24, 2.45) is 0 Å². The van der Waals surface area contributed by atoms with Gasteiger partial charge in [-0.3, -0.25) is 10.1 Å². The number of carbonyl (C=O) groups excluding carboxylic acids is 1. The first-order valence-electron chi connectivity index (χ1n) is 9.36. The van der Waals surface area contributed by atoms with E-state index >= 15 is 0 Å². The number of hydrogen-bond acceptors (Lipinski definition) is 5. The van der Waals surface area contributed by atoms with E-state index in [1.165, 1.54) is 24.3 Å². The second-order valence-corrected chi connectivity index (χ2v) is 6.67. The summed E-state index contributed by atoms with van der Waals surface area (Å²) in [5, 5.41) is 10.8. The lowest BCUT2D eigenvalue weighted by Crippen LogP contribution is -2.18. The van der Waals surface area contributed by atoms with Gasteiger partial charge in [-0.1, -0.05) is 61.2 Å². The van der Waals surface area contributed by atoms with Crippen molar-refractivity contribution in [1.82, 2.24) is 0 Å². The Morgan fingerprint density at radius 1 is 1.07 bits per heavy atom. The van der Waals surface area contributed by atoms with Gasteiger partial charge in [0.2, 0.25) is 0 Å². The monoisotopic (exact) mass is 403 g/mol. The van der Waals surface area contributed by atoms with Gasteiger partial charge in [0.25, 0.3) is 5.69 Å². The SMILES string of the molecule is C=Cc1ccccc1C(Cc1ccccc1C)OC(=O)Oc1ccc([N+](=O)[O-])cc1. The summed E-state index contributed by atoms with van der Waals surface area (Å²) >= 11 is 0. The Balaban J connectivity index is 1.82. The summed E-state index contributed by atoms with van der Waals surface area (Å²) in [5.41, 5.74) is 3.72. The number of non-ortho nitro benzene ring substituents is 1. The van der Waals surface area contributed by atoms with E-state index in [1.807, 2.05) is 55.5 Å². The molecule has 0 fully saturated rings. The van der Waals surface area contributed by atoms with E-state index in [2.05, 4.69) is 6.58 Å². The zero-order valence-corrected chi connectivity index (χ0v) is 16.5. The lowest BCUT2D eigenvalue weighted by molar-refractivity contribution is -0.384. The van der Waals surface area contributed by atoms with Crippen LogP contribution in [0.15, 0.2) is 79.4 Å². The molecule has 0 amide bonds. The highest BCUT2D eigenvalue weighted by Crippen LogP contribution is 2.28. The highest BCUT2D eigenvalue weighted by atomic mass is 16.7. The Bertz CT molecular complexity index is 1060. The lowest BCUT2D eigenvalue weighted by atomic mass is 9.95. The number of carbonyl (C=O) groups is 1. The zero-order chi connectivity index (χ0) is 21.5. The largest absolute Gasteiger partial charge is 0.514 e. The van der Waals surface area contributed by atoms with Crippen molar-refractivity contribution in [2.45, 2.75) is 19.4 Å². The van der Waals surface area contributed by atoms with Crippen molar-refractivity contribution in [3.8, 4) is 5.75 Å². The molecule has 0 saturated carbocycles. The second-order valence-electron chi connectivity index (χ2n) is 6.67. The Kier molecular flexibility index (Phi) is 6.60. The molecule has 1 unspecified atom stereocenters. The van der Waals surface area contributed by atoms with Crippen LogP contribution in [0.25, 0.3) is 6.08 Å². The highest BCUT2D eigenvalue weighted by Gasteiger charge is 2.22. The fraction of sp³-hybridized carbons (Fsp3) is 0.125. The summed E-state index contributed by atoms with van der Waals surface area (Å²) in [6.07, 6.45) is 0.699. The molecule has 3 aromatic rings. The van der Waals surface area contributed by atoms with Crippen LogP contribution in [0.2, 0.25) is 0 Å². The number of benzene rings is 3. The maximum atomic E-state index is 12.5. The predicted octanol–water partition coefficient (Wildman–Crippen LogP) is 6.05. The van der Waals surface area contributed by atoms with Crippen LogP contribution in [0.1, 0.15) is 28.4 Å². The minimum atomic E-state index is -0.888. The molecule has 0 saturated heterocycles. The standard InChI is InChI=1S/C24H21NO5/c1-3-18-9-6-7-11-22(18)23(16-19-10-5-4-8-17(19)2)30-24(26)29-21-14-12-20(13-15-21)25(27)28/h3-15,23H,1,16H2,2H3. The van der Waals surface area contributed by atoms with Gasteiger partial charge < -0.3 is 9.47 Å². The molecule has 0 N–H and O–H groups in total. The number of rotatable bonds is 7. The molecule has 0 heterocycles. The molecule has 0 bridgehead atoms. The molecular formula is C24H21NO5. The number of ether oxygens (including phenoxy) is 2.